The van der Waals surface area contributed by atoms with E-state index in [2.05, 4.69) is 33.0 Å². The molecule has 0 radical (unpaired) electrons. The summed E-state index contributed by atoms with van der Waals surface area (Å²) in [7, 11) is 0. The molecule has 0 saturated heterocycles. The van der Waals surface area contributed by atoms with Gasteiger partial charge >= 0.3 is 5.97 Å². The van der Waals surface area contributed by atoms with Gasteiger partial charge in [0.2, 0.25) is 0 Å². The Hall–Kier alpha value is -0.650. The van der Waals surface area contributed by atoms with Crippen molar-refractivity contribution in [1.82, 2.24) is 5.32 Å². The summed E-state index contributed by atoms with van der Waals surface area (Å²) < 4.78 is 6.24. The number of nitrogens with one attached hydrogen (secondary N) is 1. The van der Waals surface area contributed by atoms with Gasteiger partial charge in [-0.25, -0.2) is 0 Å². The predicted molar refractivity (Wildman–Crippen MR) is 141 cm³/mol. The van der Waals surface area contributed by atoms with E-state index in [0.29, 0.717) is 41.9 Å². The number of halogens is 1. The summed E-state index contributed by atoms with van der Waals surface area (Å²) in [6.07, 6.45) is 10.7. The topological polar surface area (TPSA) is 75.6 Å². The number of carbonyl (C=O) groups is 2. The van der Waals surface area contributed by atoms with Gasteiger partial charge in [0, 0.05) is 23.8 Å². The molecule has 4 rings (SSSR count). The minimum Gasteiger partial charge on any atom is -0.461 e. The fraction of sp³-hybridized carbons (Fsp3) is 0.931. The number of esters is 1. The number of fused-ring (bicyclic) bond motifs is 5. The molecule has 0 amide bonds. The van der Waals surface area contributed by atoms with Gasteiger partial charge in [0.15, 0.2) is 0 Å². The van der Waals surface area contributed by atoms with Crippen LogP contribution in [0, 0.1) is 40.4 Å². The third-order valence-electron chi connectivity index (χ3n) is 11.1. The molecule has 4 fully saturated rings. The van der Waals surface area contributed by atoms with Gasteiger partial charge in [0.1, 0.15) is 11.9 Å². The average Bonchev–Trinajstić information content (AvgIpc) is 3.15. The number of aliphatic hydroxyl groups is 1. The highest BCUT2D eigenvalue weighted by Crippen LogP contribution is 2.67. The monoisotopic (exact) mass is 511 g/mol. The van der Waals surface area contributed by atoms with E-state index in [-0.39, 0.29) is 53.9 Å². The zero-order chi connectivity index (χ0) is 24.7. The van der Waals surface area contributed by atoms with Gasteiger partial charge in [-0.2, -0.15) is 0 Å². The second-order valence-electron chi connectivity index (χ2n) is 12.7. The molecule has 6 heteroatoms. The van der Waals surface area contributed by atoms with E-state index in [1.54, 1.807) is 6.92 Å². The third-order valence-corrected chi connectivity index (χ3v) is 11.1. The molecule has 0 heterocycles. The van der Waals surface area contributed by atoms with Crippen molar-refractivity contribution >= 4 is 24.2 Å². The lowest BCUT2D eigenvalue weighted by Crippen LogP contribution is -2.60. The van der Waals surface area contributed by atoms with E-state index >= 15 is 0 Å². The van der Waals surface area contributed by atoms with Crippen LogP contribution < -0.4 is 5.32 Å². The summed E-state index contributed by atoms with van der Waals surface area (Å²) >= 11 is 0. The van der Waals surface area contributed by atoms with Crippen molar-refractivity contribution in [1.29, 1.82) is 0 Å². The van der Waals surface area contributed by atoms with Gasteiger partial charge in [-0.3, -0.25) is 9.59 Å². The van der Waals surface area contributed by atoms with Crippen LogP contribution in [0.3, 0.4) is 0 Å². The van der Waals surface area contributed by atoms with Crippen LogP contribution in [-0.4, -0.2) is 41.7 Å². The number of hydrogen-bond donors (Lipinski definition) is 2. The zero-order valence-corrected chi connectivity index (χ0v) is 23.5. The molecule has 0 aliphatic heterocycles. The van der Waals surface area contributed by atoms with Crippen LogP contribution in [0.5, 0.6) is 0 Å². The van der Waals surface area contributed by atoms with E-state index in [1.807, 2.05) is 0 Å². The first kappa shape index (κ1) is 28.9. The highest BCUT2D eigenvalue weighted by Gasteiger charge is 2.63. The largest absolute Gasteiger partial charge is 0.461 e. The summed E-state index contributed by atoms with van der Waals surface area (Å²) in [6.45, 7) is 11.1. The molecule has 35 heavy (non-hydrogen) atoms. The van der Waals surface area contributed by atoms with Crippen molar-refractivity contribution in [3.05, 3.63) is 0 Å². The summed E-state index contributed by atoms with van der Waals surface area (Å²) in [4.78, 5) is 25.4. The molecule has 0 aromatic carbocycles. The van der Waals surface area contributed by atoms with Crippen LogP contribution in [0.15, 0.2) is 0 Å². The average molecular weight is 512 g/mol. The van der Waals surface area contributed by atoms with Crippen molar-refractivity contribution in [2.24, 2.45) is 40.4 Å². The molecule has 4 aliphatic carbocycles. The van der Waals surface area contributed by atoms with Crippen LogP contribution in [0.1, 0.15) is 105 Å². The molecule has 0 aromatic rings. The van der Waals surface area contributed by atoms with E-state index in [4.69, 9.17) is 4.74 Å². The zero-order valence-electron chi connectivity index (χ0n) is 22.7. The Bertz CT molecular complexity index is 761. The number of carbonyl (C=O) groups excluding carboxylic acids is 2. The second kappa shape index (κ2) is 11.4. The fourth-order valence-corrected chi connectivity index (χ4v) is 9.34. The number of Topliss-reactive ketones (excluding diaryl/α,β-unsaturated/α-hetero) is 1. The van der Waals surface area contributed by atoms with Crippen molar-refractivity contribution in [2.45, 2.75) is 123 Å². The lowest BCUT2D eigenvalue weighted by atomic mass is 9.44. The van der Waals surface area contributed by atoms with Gasteiger partial charge in [-0.05, 0) is 93.8 Å². The van der Waals surface area contributed by atoms with Gasteiger partial charge in [-0.15, -0.1) is 12.4 Å². The quantitative estimate of drug-likeness (QED) is 0.408. The Balaban J connectivity index is 0.00000342. The lowest BCUT2D eigenvalue weighted by molar-refractivity contribution is -0.202. The molecule has 2 N–H and O–H groups in total. The van der Waals surface area contributed by atoms with Crippen LogP contribution in [0.2, 0.25) is 0 Å². The minimum absolute atomic E-state index is 0. The van der Waals surface area contributed by atoms with Crippen molar-refractivity contribution in [3.63, 3.8) is 0 Å². The Labute approximate surface area is 219 Å². The number of aliphatic hydroxyl groups excluding tert-OH is 1. The highest BCUT2D eigenvalue weighted by atomic mass is 35.5. The number of hydrogen-bond acceptors (Lipinski definition) is 5. The first-order valence-electron chi connectivity index (χ1n) is 14.3. The van der Waals surface area contributed by atoms with Crippen LogP contribution in [-0.2, 0) is 14.3 Å². The molecule has 10 atom stereocenters. The summed E-state index contributed by atoms with van der Waals surface area (Å²) in [5.74, 6) is 2.53. The first-order chi connectivity index (χ1) is 16.1. The summed E-state index contributed by atoms with van der Waals surface area (Å²) in [5, 5.41) is 14.1. The van der Waals surface area contributed by atoms with Crippen LogP contribution in [0.25, 0.3) is 0 Å². The van der Waals surface area contributed by atoms with E-state index in [0.717, 1.165) is 57.8 Å². The standard InChI is InChI=1S/C29H49NO4.ClH/c1-6-8-20(7-2)30-17-27(33)34-26-16-21(32)15-19-9-10-22-24-12-11-23(18(3)31)28(24,4)14-13-25(22)29(19,26)5;/h19-26,30,32H,6-17H2,1-5H3;1H/t19-,20?,21-,22-,23+,24-,25-,26?,28+,29-;/m0./s1. The Morgan fingerprint density at radius 2 is 1.80 bits per heavy atom. The number of ketones is 1. The highest BCUT2D eigenvalue weighted by molar-refractivity contribution is 5.85. The van der Waals surface area contributed by atoms with E-state index in [1.165, 1.54) is 6.42 Å². The summed E-state index contributed by atoms with van der Waals surface area (Å²) in [6, 6.07) is 0.351. The molecular weight excluding hydrogens is 462 g/mol. The first-order valence-corrected chi connectivity index (χ1v) is 14.3. The maximum atomic E-state index is 13.0. The van der Waals surface area contributed by atoms with E-state index in [9.17, 15) is 14.7 Å². The number of ether oxygens (including phenoxy) is 1. The Morgan fingerprint density at radius 3 is 2.46 bits per heavy atom. The molecular formula is C29H50ClNO4. The molecule has 202 valence electrons. The molecule has 4 saturated carbocycles. The molecule has 0 aromatic heterocycles. The maximum absolute atomic E-state index is 13.0. The SMILES string of the molecule is CCCC(CC)NCC(=O)OC1C[C@@H](O)C[C@@H]2CC[C@H]3[C@@H]4CC[C@H](C(C)=O)[C@@]4(C)CC[C@@H]3[C@@]12C.Cl. The predicted octanol–water partition coefficient (Wildman–Crippen LogP) is 5.71. The lowest BCUT2D eigenvalue weighted by Gasteiger charge is -2.62. The van der Waals surface area contributed by atoms with Crippen LogP contribution in [0.4, 0.5) is 0 Å². The summed E-state index contributed by atoms with van der Waals surface area (Å²) in [5.41, 5.74) is 0.0515. The number of rotatable bonds is 8. The molecule has 5 nitrogen and oxygen atoms in total. The molecule has 4 aliphatic rings. The van der Waals surface area contributed by atoms with Gasteiger partial charge in [0.05, 0.1) is 12.6 Å². The van der Waals surface area contributed by atoms with Gasteiger partial charge in [0.25, 0.3) is 0 Å². The normalized spacial score (nSPS) is 43.2. The van der Waals surface area contributed by atoms with Gasteiger partial charge < -0.3 is 15.2 Å². The van der Waals surface area contributed by atoms with Crippen molar-refractivity contribution in [3.8, 4) is 0 Å². The fourth-order valence-electron chi connectivity index (χ4n) is 9.34. The molecule has 0 bridgehead atoms. The van der Waals surface area contributed by atoms with Crippen LogP contribution >= 0.6 is 12.4 Å². The minimum atomic E-state index is -0.383. The molecule has 2 unspecified atom stereocenters. The Kier molecular flexibility index (Phi) is 9.41. The van der Waals surface area contributed by atoms with Gasteiger partial charge in [-0.1, -0.05) is 34.1 Å². The second-order valence-corrected chi connectivity index (χ2v) is 12.7. The molecule has 0 spiro atoms. The Morgan fingerprint density at radius 1 is 1.06 bits per heavy atom. The van der Waals surface area contributed by atoms with Crippen molar-refractivity contribution in [2.75, 3.05) is 6.54 Å². The smallest absolute Gasteiger partial charge is 0.320 e. The third kappa shape index (κ3) is 5.21. The van der Waals surface area contributed by atoms with E-state index < -0.39 is 0 Å². The van der Waals surface area contributed by atoms with Crippen molar-refractivity contribution < 1.29 is 19.4 Å². The maximum Gasteiger partial charge on any atom is 0.320 e.